The number of rotatable bonds is 3. The summed E-state index contributed by atoms with van der Waals surface area (Å²) in [6, 6.07) is 8.37. The minimum absolute atomic E-state index is 0.643. The average molecular weight is 205 g/mol. The highest BCUT2D eigenvalue weighted by molar-refractivity contribution is 5.35. The van der Waals surface area contributed by atoms with E-state index in [9.17, 15) is 0 Å². The SMILES string of the molecule is CCN(C)CC1COc2ccccc2C1. The normalized spacial score (nSPS) is 19.8. The number of hydrogen-bond acceptors (Lipinski definition) is 2. The van der Waals surface area contributed by atoms with Crippen molar-refractivity contribution in [1.29, 1.82) is 0 Å². The van der Waals surface area contributed by atoms with Gasteiger partial charge in [-0.1, -0.05) is 25.1 Å². The van der Waals surface area contributed by atoms with Gasteiger partial charge in [0.1, 0.15) is 5.75 Å². The Bertz CT molecular complexity index is 324. The van der Waals surface area contributed by atoms with Gasteiger partial charge >= 0.3 is 0 Å². The molecule has 1 heterocycles. The number of fused-ring (bicyclic) bond motifs is 1. The van der Waals surface area contributed by atoms with Gasteiger partial charge in [-0.3, -0.25) is 0 Å². The Kier molecular flexibility index (Phi) is 3.27. The number of para-hydroxylation sites is 1. The minimum atomic E-state index is 0.643. The first-order valence-electron chi connectivity index (χ1n) is 5.69. The van der Waals surface area contributed by atoms with Crippen LogP contribution in [0.25, 0.3) is 0 Å². The molecule has 2 heteroatoms. The summed E-state index contributed by atoms with van der Waals surface area (Å²) in [5.74, 6) is 1.72. The van der Waals surface area contributed by atoms with E-state index in [1.807, 2.05) is 6.07 Å². The summed E-state index contributed by atoms with van der Waals surface area (Å²) >= 11 is 0. The molecule has 1 aromatic carbocycles. The summed E-state index contributed by atoms with van der Waals surface area (Å²) in [5.41, 5.74) is 1.36. The molecule has 15 heavy (non-hydrogen) atoms. The molecule has 1 atom stereocenters. The molecule has 1 unspecified atom stereocenters. The molecule has 82 valence electrons. The van der Waals surface area contributed by atoms with Gasteiger partial charge in [-0.15, -0.1) is 0 Å². The molecule has 0 amide bonds. The second-order valence-electron chi connectivity index (χ2n) is 4.34. The molecule has 1 aliphatic heterocycles. The fourth-order valence-corrected chi connectivity index (χ4v) is 2.08. The van der Waals surface area contributed by atoms with E-state index < -0.39 is 0 Å². The van der Waals surface area contributed by atoms with Crippen molar-refractivity contribution in [3.63, 3.8) is 0 Å². The number of ether oxygens (including phenoxy) is 1. The molecule has 1 aromatic rings. The molecule has 0 saturated carbocycles. The van der Waals surface area contributed by atoms with Crippen LogP contribution in [-0.4, -0.2) is 31.6 Å². The largest absolute Gasteiger partial charge is 0.493 e. The zero-order chi connectivity index (χ0) is 10.7. The first kappa shape index (κ1) is 10.5. The Morgan fingerprint density at radius 2 is 2.20 bits per heavy atom. The van der Waals surface area contributed by atoms with Crippen LogP contribution in [0.15, 0.2) is 24.3 Å². The maximum absolute atomic E-state index is 5.75. The second-order valence-corrected chi connectivity index (χ2v) is 4.34. The van der Waals surface area contributed by atoms with Gasteiger partial charge in [0, 0.05) is 12.5 Å². The van der Waals surface area contributed by atoms with E-state index in [-0.39, 0.29) is 0 Å². The van der Waals surface area contributed by atoms with E-state index in [0.717, 1.165) is 31.9 Å². The van der Waals surface area contributed by atoms with Gasteiger partial charge < -0.3 is 9.64 Å². The molecule has 0 aromatic heterocycles. The third kappa shape index (κ3) is 2.51. The molecule has 2 rings (SSSR count). The van der Waals surface area contributed by atoms with Gasteiger partial charge in [0.15, 0.2) is 0 Å². The van der Waals surface area contributed by atoms with Crippen molar-refractivity contribution in [1.82, 2.24) is 4.90 Å². The highest BCUT2D eigenvalue weighted by Gasteiger charge is 2.19. The van der Waals surface area contributed by atoms with Crippen LogP contribution in [0.3, 0.4) is 0 Å². The molecule has 0 radical (unpaired) electrons. The lowest BCUT2D eigenvalue weighted by molar-refractivity contribution is 0.179. The van der Waals surface area contributed by atoms with Crippen LogP contribution in [0.2, 0.25) is 0 Å². The van der Waals surface area contributed by atoms with E-state index in [2.05, 4.69) is 37.1 Å². The molecule has 0 fully saturated rings. The molecule has 0 N–H and O–H groups in total. The van der Waals surface area contributed by atoms with Crippen molar-refractivity contribution >= 4 is 0 Å². The van der Waals surface area contributed by atoms with Crippen LogP contribution in [0, 0.1) is 5.92 Å². The van der Waals surface area contributed by atoms with Crippen molar-refractivity contribution in [2.75, 3.05) is 26.7 Å². The summed E-state index contributed by atoms with van der Waals surface area (Å²) in [5, 5.41) is 0. The zero-order valence-corrected chi connectivity index (χ0v) is 9.57. The Morgan fingerprint density at radius 3 is 3.00 bits per heavy atom. The van der Waals surface area contributed by atoms with Crippen LogP contribution in [0.5, 0.6) is 5.75 Å². The Morgan fingerprint density at radius 1 is 1.40 bits per heavy atom. The standard InChI is InChI=1S/C13H19NO/c1-3-14(2)9-11-8-12-6-4-5-7-13(12)15-10-11/h4-7,11H,3,8-10H2,1-2H3. The number of hydrogen-bond donors (Lipinski definition) is 0. The highest BCUT2D eigenvalue weighted by atomic mass is 16.5. The summed E-state index contributed by atoms with van der Waals surface area (Å²) in [6.07, 6.45) is 1.15. The number of nitrogens with zero attached hydrogens (tertiary/aromatic N) is 1. The maximum Gasteiger partial charge on any atom is 0.122 e. The summed E-state index contributed by atoms with van der Waals surface area (Å²) in [6.45, 7) is 5.29. The van der Waals surface area contributed by atoms with E-state index in [1.54, 1.807) is 0 Å². The van der Waals surface area contributed by atoms with Gasteiger partial charge in [-0.25, -0.2) is 0 Å². The van der Waals surface area contributed by atoms with Crippen LogP contribution >= 0.6 is 0 Å². The lowest BCUT2D eigenvalue weighted by Crippen LogP contribution is -2.32. The topological polar surface area (TPSA) is 12.5 Å². The van der Waals surface area contributed by atoms with Gasteiger partial charge in [-0.05, 0) is 31.6 Å². The lowest BCUT2D eigenvalue weighted by atomic mass is 9.96. The van der Waals surface area contributed by atoms with Gasteiger partial charge in [0.2, 0.25) is 0 Å². The lowest BCUT2D eigenvalue weighted by Gasteiger charge is -2.28. The highest BCUT2D eigenvalue weighted by Crippen LogP contribution is 2.26. The summed E-state index contributed by atoms with van der Waals surface area (Å²) < 4.78 is 5.75. The Labute approximate surface area is 91.9 Å². The Balaban J connectivity index is 1.99. The van der Waals surface area contributed by atoms with E-state index >= 15 is 0 Å². The number of benzene rings is 1. The predicted octanol–water partition coefficient (Wildman–Crippen LogP) is 2.19. The monoisotopic (exact) mass is 205 g/mol. The second kappa shape index (κ2) is 4.67. The third-order valence-electron chi connectivity index (χ3n) is 3.07. The smallest absolute Gasteiger partial charge is 0.122 e. The van der Waals surface area contributed by atoms with E-state index in [0.29, 0.717) is 5.92 Å². The Hall–Kier alpha value is -1.02. The maximum atomic E-state index is 5.75. The quantitative estimate of drug-likeness (QED) is 0.750. The molecule has 0 saturated heterocycles. The van der Waals surface area contributed by atoms with Gasteiger partial charge in [-0.2, -0.15) is 0 Å². The summed E-state index contributed by atoms with van der Waals surface area (Å²) in [7, 11) is 2.17. The van der Waals surface area contributed by atoms with Crippen LogP contribution in [-0.2, 0) is 6.42 Å². The molecule has 0 aliphatic carbocycles. The first-order valence-corrected chi connectivity index (χ1v) is 5.69. The van der Waals surface area contributed by atoms with Gasteiger partial charge in [0.25, 0.3) is 0 Å². The zero-order valence-electron chi connectivity index (χ0n) is 9.57. The fraction of sp³-hybridized carbons (Fsp3) is 0.538. The fourth-order valence-electron chi connectivity index (χ4n) is 2.08. The van der Waals surface area contributed by atoms with Gasteiger partial charge in [0.05, 0.1) is 6.61 Å². The first-order chi connectivity index (χ1) is 7.29. The molecule has 0 spiro atoms. The molecule has 2 nitrogen and oxygen atoms in total. The van der Waals surface area contributed by atoms with Crippen molar-refractivity contribution in [3.05, 3.63) is 29.8 Å². The van der Waals surface area contributed by atoms with Crippen LogP contribution < -0.4 is 4.74 Å². The van der Waals surface area contributed by atoms with Crippen molar-refractivity contribution < 1.29 is 4.74 Å². The molecule has 1 aliphatic rings. The van der Waals surface area contributed by atoms with E-state index in [4.69, 9.17) is 4.74 Å². The molecule has 0 bridgehead atoms. The average Bonchev–Trinajstić information content (AvgIpc) is 2.29. The third-order valence-corrected chi connectivity index (χ3v) is 3.07. The molecular weight excluding hydrogens is 186 g/mol. The van der Waals surface area contributed by atoms with Crippen LogP contribution in [0.4, 0.5) is 0 Å². The summed E-state index contributed by atoms with van der Waals surface area (Å²) in [4.78, 5) is 2.35. The van der Waals surface area contributed by atoms with E-state index in [1.165, 1.54) is 5.56 Å². The van der Waals surface area contributed by atoms with Crippen molar-refractivity contribution in [2.24, 2.45) is 5.92 Å². The van der Waals surface area contributed by atoms with Crippen LogP contribution in [0.1, 0.15) is 12.5 Å². The minimum Gasteiger partial charge on any atom is -0.493 e. The molecular formula is C13H19NO. The predicted molar refractivity (Wildman–Crippen MR) is 62.3 cm³/mol. The van der Waals surface area contributed by atoms with Crippen molar-refractivity contribution in [3.8, 4) is 5.75 Å². The van der Waals surface area contributed by atoms with Crippen molar-refractivity contribution in [2.45, 2.75) is 13.3 Å².